The number of carboxylic acid groups (broad SMARTS) is 1. The largest absolute Gasteiger partial charge is 0.550 e. The van der Waals surface area contributed by atoms with E-state index < -0.39 is 10.9 Å². The van der Waals surface area contributed by atoms with Crippen molar-refractivity contribution in [1.82, 2.24) is 4.98 Å². The number of carbonyl (C=O) groups excluding carboxylic acids is 1. The van der Waals surface area contributed by atoms with Gasteiger partial charge in [-0.25, -0.2) is 4.98 Å². The molecule has 0 fully saturated rings. The highest BCUT2D eigenvalue weighted by Crippen LogP contribution is 2.31. The summed E-state index contributed by atoms with van der Waals surface area (Å²) in [5.74, 6) is -1.23. The molecule has 3 aromatic rings. The van der Waals surface area contributed by atoms with Gasteiger partial charge in [-0.05, 0) is 35.8 Å². The van der Waals surface area contributed by atoms with Gasteiger partial charge >= 0.3 is 0 Å². The molecule has 0 spiro atoms. The Balaban J connectivity index is 2.09. The number of carboxylic acids is 1. The average Bonchev–Trinajstić information content (AvgIpc) is 3.04. The summed E-state index contributed by atoms with van der Waals surface area (Å²) in [6.07, 6.45) is 1.85. The van der Waals surface area contributed by atoms with Gasteiger partial charge in [-0.1, -0.05) is 31.2 Å². The van der Waals surface area contributed by atoms with E-state index >= 15 is 0 Å². The first-order chi connectivity index (χ1) is 12.5. The van der Waals surface area contributed by atoms with Gasteiger partial charge in [-0.15, -0.1) is 11.3 Å². The van der Waals surface area contributed by atoms with Crippen molar-refractivity contribution in [3.05, 3.63) is 68.7 Å². The molecule has 0 aliphatic rings. The number of hydrogen-bond donors (Lipinski definition) is 0. The van der Waals surface area contributed by atoms with E-state index in [2.05, 4.69) is 4.98 Å². The van der Waals surface area contributed by atoms with E-state index in [0.717, 1.165) is 10.2 Å². The van der Waals surface area contributed by atoms with Crippen molar-refractivity contribution in [3.63, 3.8) is 0 Å². The van der Waals surface area contributed by atoms with Crippen LogP contribution in [0.4, 0.5) is 5.69 Å². The number of nitro groups is 1. The van der Waals surface area contributed by atoms with Crippen LogP contribution in [0.15, 0.2) is 42.5 Å². The molecule has 1 aromatic heterocycles. The zero-order chi connectivity index (χ0) is 18.7. The number of para-hydroxylation sites is 1. The van der Waals surface area contributed by atoms with Gasteiger partial charge in [0.1, 0.15) is 5.01 Å². The molecule has 0 unspecified atom stereocenters. The molecule has 26 heavy (non-hydrogen) atoms. The van der Waals surface area contributed by atoms with Crippen LogP contribution in [0, 0.1) is 10.1 Å². The summed E-state index contributed by atoms with van der Waals surface area (Å²) in [5, 5.41) is 23.0. The van der Waals surface area contributed by atoms with Crippen LogP contribution in [-0.2, 0) is 11.2 Å². The smallest absolute Gasteiger partial charge is 0.273 e. The van der Waals surface area contributed by atoms with Gasteiger partial charge in [-0.3, -0.25) is 10.1 Å². The van der Waals surface area contributed by atoms with Crippen LogP contribution in [0.25, 0.3) is 21.9 Å². The van der Waals surface area contributed by atoms with Gasteiger partial charge < -0.3 is 9.90 Å². The third kappa shape index (κ3) is 3.78. The molecule has 0 bridgehead atoms. The Morgan fingerprint density at radius 2 is 2.04 bits per heavy atom. The van der Waals surface area contributed by atoms with Gasteiger partial charge in [0.25, 0.3) is 5.69 Å². The van der Waals surface area contributed by atoms with Gasteiger partial charge in [0.2, 0.25) is 0 Å². The maximum Gasteiger partial charge on any atom is 0.273 e. The number of aliphatic carboxylic acids is 1. The predicted molar refractivity (Wildman–Crippen MR) is 99.6 cm³/mol. The molecule has 0 amide bonds. The Labute approximate surface area is 153 Å². The van der Waals surface area contributed by atoms with Gasteiger partial charge in [0.15, 0.2) is 0 Å². The summed E-state index contributed by atoms with van der Waals surface area (Å²) in [6.45, 7) is 1.85. The van der Waals surface area contributed by atoms with Gasteiger partial charge in [0, 0.05) is 24.0 Å². The second-order valence-corrected chi connectivity index (χ2v) is 6.73. The average molecular weight is 367 g/mol. The molecule has 0 atom stereocenters. The Hall–Kier alpha value is -3.06. The van der Waals surface area contributed by atoms with Crippen LogP contribution in [0.5, 0.6) is 0 Å². The molecular weight excluding hydrogens is 352 g/mol. The Morgan fingerprint density at radius 1 is 1.27 bits per heavy atom. The fraction of sp³-hybridized carbons (Fsp3) is 0.158. The standard InChI is InChI=1S/C19H16N2O4S/c1-2-13-8-7-12(10-16(13)21(24)25)9-14(11-18(22)23)19-20-15-5-3-4-6-17(15)26-19/h3-10H,2,11H2,1H3,(H,22,23)/p-1/b14-9+. The Bertz CT molecular complexity index is 990. The summed E-state index contributed by atoms with van der Waals surface area (Å²) >= 11 is 1.38. The zero-order valence-electron chi connectivity index (χ0n) is 14.0. The van der Waals surface area contributed by atoms with E-state index in [1.165, 1.54) is 17.4 Å². The van der Waals surface area contributed by atoms with Gasteiger partial charge in [-0.2, -0.15) is 0 Å². The number of thiazole rings is 1. The number of fused-ring (bicyclic) bond motifs is 1. The molecule has 0 saturated carbocycles. The van der Waals surface area contributed by atoms with Crippen molar-refractivity contribution < 1.29 is 14.8 Å². The third-order valence-corrected chi connectivity index (χ3v) is 5.04. The highest BCUT2D eigenvalue weighted by molar-refractivity contribution is 7.19. The normalized spacial score (nSPS) is 11.7. The zero-order valence-corrected chi connectivity index (χ0v) is 14.8. The molecule has 1 heterocycles. The number of benzene rings is 2. The molecular formula is C19H15N2O4S-. The van der Waals surface area contributed by atoms with Crippen molar-refractivity contribution in [2.24, 2.45) is 0 Å². The monoisotopic (exact) mass is 367 g/mol. The number of nitrogens with zero attached hydrogens (tertiary/aromatic N) is 2. The molecule has 0 radical (unpaired) electrons. The lowest BCUT2D eigenvalue weighted by atomic mass is 10.0. The topological polar surface area (TPSA) is 96.2 Å². The Morgan fingerprint density at radius 3 is 2.69 bits per heavy atom. The molecule has 3 rings (SSSR count). The first-order valence-electron chi connectivity index (χ1n) is 8.01. The summed E-state index contributed by atoms with van der Waals surface area (Å²) in [5.41, 5.74) is 2.46. The van der Waals surface area contributed by atoms with Gasteiger partial charge in [0.05, 0.1) is 15.1 Å². The number of hydrogen-bond acceptors (Lipinski definition) is 6. The van der Waals surface area contributed by atoms with E-state index in [-0.39, 0.29) is 12.1 Å². The predicted octanol–water partition coefficient (Wildman–Crippen LogP) is 3.45. The minimum absolute atomic E-state index is 0.0262. The summed E-state index contributed by atoms with van der Waals surface area (Å²) < 4.78 is 0.944. The van der Waals surface area contributed by atoms with Crippen molar-refractivity contribution in [3.8, 4) is 0 Å². The molecule has 0 N–H and O–H groups in total. The lowest BCUT2D eigenvalue weighted by Crippen LogP contribution is -2.22. The first-order valence-corrected chi connectivity index (χ1v) is 8.83. The van der Waals surface area contributed by atoms with Crippen LogP contribution >= 0.6 is 11.3 Å². The second kappa shape index (κ2) is 7.45. The van der Waals surface area contributed by atoms with Crippen LogP contribution < -0.4 is 5.11 Å². The molecule has 0 saturated heterocycles. The lowest BCUT2D eigenvalue weighted by molar-refractivity contribution is -0.385. The highest BCUT2D eigenvalue weighted by Gasteiger charge is 2.14. The Kier molecular flexibility index (Phi) is 5.09. The molecule has 6 nitrogen and oxygen atoms in total. The maximum absolute atomic E-state index is 11.3. The number of aryl methyl sites for hydroxylation is 1. The fourth-order valence-corrected chi connectivity index (χ4v) is 3.67. The van der Waals surface area contributed by atoms with Crippen LogP contribution in [0.2, 0.25) is 0 Å². The van der Waals surface area contributed by atoms with Crippen LogP contribution in [-0.4, -0.2) is 15.9 Å². The number of rotatable bonds is 6. The van der Waals surface area contributed by atoms with Crippen molar-refractivity contribution in [1.29, 1.82) is 0 Å². The van der Waals surface area contributed by atoms with E-state index in [4.69, 9.17) is 0 Å². The van der Waals surface area contributed by atoms with Crippen LogP contribution in [0.3, 0.4) is 0 Å². The fourth-order valence-electron chi connectivity index (χ4n) is 2.69. The summed E-state index contributed by atoms with van der Waals surface area (Å²) in [6, 6.07) is 12.4. The molecule has 132 valence electrons. The lowest BCUT2D eigenvalue weighted by Gasteiger charge is -2.07. The molecule has 2 aromatic carbocycles. The molecule has 7 heteroatoms. The van der Waals surface area contributed by atoms with Crippen molar-refractivity contribution in [2.45, 2.75) is 19.8 Å². The van der Waals surface area contributed by atoms with E-state index in [0.29, 0.717) is 28.1 Å². The summed E-state index contributed by atoms with van der Waals surface area (Å²) in [7, 11) is 0. The SMILES string of the molecule is CCc1ccc(/C=C(\CC(=O)[O-])c2nc3ccccc3s2)cc1[N+](=O)[O-]. The second-order valence-electron chi connectivity index (χ2n) is 5.70. The number of aromatic nitrogens is 1. The molecule has 0 aliphatic heterocycles. The number of carbonyl (C=O) groups is 1. The van der Waals surface area contributed by atoms with E-state index in [1.54, 1.807) is 18.2 Å². The molecule has 0 aliphatic carbocycles. The minimum Gasteiger partial charge on any atom is -0.550 e. The quantitative estimate of drug-likeness (QED) is 0.491. The summed E-state index contributed by atoms with van der Waals surface area (Å²) in [4.78, 5) is 26.5. The minimum atomic E-state index is -1.23. The van der Waals surface area contributed by atoms with E-state index in [1.807, 2.05) is 31.2 Å². The number of nitro benzene ring substituents is 1. The van der Waals surface area contributed by atoms with Crippen LogP contribution in [0.1, 0.15) is 29.5 Å². The third-order valence-electron chi connectivity index (χ3n) is 3.93. The van der Waals surface area contributed by atoms with E-state index in [9.17, 15) is 20.0 Å². The van der Waals surface area contributed by atoms with Crippen molar-refractivity contribution >= 4 is 44.9 Å². The maximum atomic E-state index is 11.3. The highest BCUT2D eigenvalue weighted by atomic mass is 32.1. The first kappa shape index (κ1) is 17.8. The van der Waals surface area contributed by atoms with Crippen molar-refractivity contribution in [2.75, 3.05) is 0 Å².